The molecule has 154 valence electrons. The van der Waals surface area contributed by atoms with Crippen molar-refractivity contribution in [3.05, 3.63) is 65.3 Å². The summed E-state index contributed by atoms with van der Waals surface area (Å²) in [6, 6.07) is 7.04. The number of nitrogens with one attached hydrogen (secondary N) is 1. The molecule has 1 aromatic carbocycles. The van der Waals surface area contributed by atoms with Crippen LogP contribution in [0.25, 0.3) is 0 Å². The van der Waals surface area contributed by atoms with Crippen molar-refractivity contribution in [2.75, 3.05) is 13.2 Å². The zero-order chi connectivity index (χ0) is 20.8. The van der Waals surface area contributed by atoms with E-state index in [1.807, 2.05) is 6.92 Å². The Morgan fingerprint density at radius 2 is 1.79 bits per heavy atom. The summed E-state index contributed by atoms with van der Waals surface area (Å²) in [5.41, 5.74) is 3.23. The number of rotatable bonds is 12. The predicted octanol–water partition coefficient (Wildman–Crippen LogP) is 5.21. The smallest absolute Gasteiger partial charge is 0.251 e. The Morgan fingerprint density at radius 1 is 1.11 bits per heavy atom. The van der Waals surface area contributed by atoms with Gasteiger partial charge in [-0.05, 0) is 83.7 Å². The molecule has 1 rings (SSSR count). The Kier molecular flexibility index (Phi) is 11.7. The Bertz CT molecular complexity index is 668. The van der Waals surface area contributed by atoms with Crippen LogP contribution in [0.1, 0.15) is 63.7 Å². The molecule has 0 radical (unpaired) electrons. The van der Waals surface area contributed by atoms with Crippen LogP contribution < -0.4 is 10.1 Å². The van der Waals surface area contributed by atoms with E-state index in [-0.39, 0.29) is 25.2 Å². The molecule has 1 atom stereocenters. The van der Waals surface area contributed by atoms with Gasteiger partial charge in [0.25, 0.3) is 5.91 Å². The molecule has 0 saturated carbocycles. The highest BCUT2D eigenvalue weighted by Crippen LogP contribution is 2.16. The Balaban J connectivity index is 2.39. The van der Waals surface area contributed by atoms with Crippen LogP contribution in [0.4, 0.5) is 0 Å². The van der Waals surface area contributed by atoms with E-state index in [1.54, 1.807) is 24.3 Å². The van der Waals surface area contributed by atoms with Crippen molar-refractivity contribution in [1.29, 1.82) is 0 Å². The van der Waals surface area contributed by atoms with Crippen molar-refractivity contribution in [2.24, 2.45) is 0 Å². The average molecular weight is 386 g/mol. The fourth-order valence-corrected chi connectivity index (χ4v) is 2.70. The lowest BCUT2D eigenvalue weighted by atomic mass is 10.1. The van der Waals surface area contributed by atoms with Gasteiger partial charge in [0, 0.05) is 12.1 Å². The molecule has 4 nitrogen and oxygen atoms in total. The van der Waals surface area contributed by atoms with Crippen LogP contribution >= 0.6 is 0 Å². The number of aliphatic hydroxyl groups is 1. The quantitative estimate of drug-likeness (QED) is 0.384. The van der Waals surface area contributed by atoms with Gasteiger partial charge in [-0.2, -0.15) is 0 Å². The van der Waals surface area contributed by atoms with E-state index >= 15 is 0 Å². The highest BCUT2D eigenvalue weighted by molar-refractivity contribution is 5.94. The summed E-state index contributed by atoms with van der Waals surface area (Å²) in [6.45, 7) is 8.59. The zero-order valence-corrected chi connectivity index (χ0v) is 17.7. The lowest BCUT2D eigenvalue weighted by molar-refractivity contribution is 0.0944. The summed E-state index contributed by atoms with van der Waals surface area (Å²) in [7, 11) is 0. The predicted molar refractivity (Wildman–Crippen MR) is 117 cm³/mol. The third-order valence-corrected chi connectivity index (χ3v) is 4.11. The maximum absolute atomic E-state index is 11.8. The molecule has 0 spiro atoms. The molecular weight excluding hydrogens is 350 g/mol. The van der Waals surface area contributed by atoms with E-state index in [2.05, 4.69) is 50.4 Å². The zero-order valence-electron chi connectivity index (χ0n) is 17.7. The van der Waals surface area contributed by atoms with Crippen LogP contribution in [0.5, 0.6) is 5.75 Å². The highest BCUT2D eigenvalue weighted by Gasteiger charge is 2.06. The van der Waals surface area contributed by atoms with Crippen LogP contribution in [-0.4, -0.2) is 30.3 Å². The van der Waals surface area contributed by atoms with Gasteiger partial charge < -0.3 is 15.2 Å². The molecule has 0 saturated heterocycles. The van der Waals surface area contributed by atoms with E-state index in [4.69, 9.17) is 9.84 Å². The topological polar surface area (TPSA) is 58.6 Å². The largest absolute Gasteiger partial charge is 0.487 e. The molecule has 4 heteroatoms. The molecule has 0 aromatic heterocycles. The number of benzene rings is 1. The lowest BCUT2D eigenvalue weighted by Gasteiger charge is -2.13. The normalized spacial score (nSPS) is 12.7. The molecule has 0 aliphatic carbocycles. The minimum atomic E-state index is -0.196. The number of ether oxygens (including phenoxy) is 1. The maximum Gasteiger partial charge on any atom is 0.251 e. The van der Waals surface area contributed by atoms with Gasteiger partial charge in [-0.3, -0.25) is 4.79 Å². The lowest BCUT2D eigenvalue weighted by Crippen LogP contribution is -2.26. The van der Waals surface area contributed by atoms with Crippen molar-refractivity contribution < 1.29 is 14.6 Å². The molecular formula is C24H35NO3. The SMILES string of the molecule is CC(C)=CCC/C=C/CC/C(C)=C/C(C)Oc1ccc(C(=O)NCCO)cc1. The minimum Gasteiger partial charge on any atom is -0.487 e. The van der Waals surface area contributed by atoms with Crippen molar-refractivity contribution in [2.45, 2.75) is 59.5 Å². The summed E-state index contributed by atoms with van der Waals surface area (Å²) in [4.78, 5) is 11.8. The van der Waals surface area contributed by atoms with Gasteiger partial charge in [-0.1, -0.05) is 29.4 Å². The fourth-order valence-electron chi connectivity index (χ4n) is 2.70. The first-order chi connectivity index (χ1) is 13.4. The van der Waals surface area contributed by atoms with E-state index in [1.165, 1.54) is 11.1 Å². The number of hydrogen-bond donors (Lipinski definition) is 2. The second kappa shape index (κ2) is 13.8. The highest BCUT2D eigenvalue weighted by atomic mass is 16.5. The fraction of sp³-hybridized carbons (Fsp3) is 0.458. The summed E-state index contributed by atoms with van der Waals surface area (Å²) in [5, 5.41) is 11.4. The Morgan fingerprint density at radius 3 is 2.43 bits per heavy atom. The van der Waals surface area contributed by atoms with Crippen molar-refractivity contribution in [3.63, 3.8) is 0 Å². The van der Waals surface area contributed by atoms with Gasteiger partial charge in [0.1, 0.15) is 11.9 Å². The van der Waals surface area contributed by atoms with Gasteiger partial charge >= 0.3 is 0 Å². The number of hydrogen-bond acceptors (Lipinski definition) is 3. The van der Waals surface area contributed by atoms with E-state index in [0.717, 1.165) is 31.4 Å². The second-order valence-electron chi connectivity index (χ2n) is 7.21. The molecule has 0 bridgehead atoms. The molecule has 1 aromatic rings. The molecule has 0 aliphatic heterocycles. The minimum absolute atomic E-state index is 0.0317. The molecule has 1 unspecified atom stereocenters. The molecule has 2 N–H and O–H groups in total. The average Bonchev–Trinajstić information content (AvgIpc) is 2.65. The van der Waals surface area contributed by atoms with Crippen LogP contribution in [-0.2, 0) is 0 Å². The number of aliphatic hydroxyl groups excluding tert-OH is 1. The van der Waals surface area contributed by atoms with E-state index in [0.29, 0.717) is 5.56 Å². The van der Waals surface area contributed by atoms with Gasteiger partial charge in [0.05, 0.1) is 6.61 Å². The monoisotopic (exact) mass is 385 g/mol. The number of allylic oxidation sites excluding steroid dienone is 5. The Labute approximate surface area is 170 Å². The molecule has 0 fully saturated rings. The summed E-state index contributed by atoms with van der Waals surface area (Å²) in [6.07, 6.45) is 13.2. The van der Waals surface area contributed by atoms with Gasteiger partial charge in [0.15, 0.2) is 0 Å². The molecule has 0 aliphatic rings. The van der Waals surface area contributed by atoms with Crippen LogP contribution in [0, 0.1) is 0 Å². The summed E-state index contributed by atoms with van der Waals surface area (Å²) < 4.78 is 5.91. The van der Waals surface area contributed by atoms with Crippen LogP contribution in [0.2, 0.25) is 0 Å². The van der Waals surface area contributed by atoms with Gasteiger partial charge in [-0.15, -0.1) is 0 Å². The first-order valence-corrected chi connectivity index (χ1v) is 10.0. The second-order valence-corrected chi connectivity index (χ2v) is 7.21. The van der Waals surface area contributed by atoms with Crippen LogP contribution in [0.15, 0.2) is 59.7 Å². The number of unbranched alkanes of at least 4 members (excludes halogenated alkanes) is 1. The third kappa shape index (κ3) is 10.7. The summed E-state index contributed by atoms with van der Waals surface area (Å²) >= 11 is 0. The summed E-state index contributed by atoms with van der Waals surface area (Å²) in [5.74, 6) is 0.535. The number of carbonyl (C=O) groups excluding carboxylic acids is 1. The molecule has 28 heavy (non-hydrogen) atoms. The third-order valence-electron chi connectivity index (χ3n) is 4.11. The van der Waals surface area contributed by atoms with E-state index in [9.17, 15) is 4.79 Å². The van der Waals surface area contributed by atoms with Crippen LogP contribution in [0.3, 0.4) is 0 Å². The van der Waals surface area contributed by atoms with Gasteiger partial charge in [0.2, 0.25) is 0 Å². The van der Waals surface area contributed by atoms with Crippen molar-refractivity contribution in [3.8, 4) is 5.75 Å². The maximum atomic E-state index is 11.8. The first-order valence-electron chi connectivity index (χ1n) is 10.0. The first kappa shape index (κ1) is 23.7. The van der Waals surface area contributed by atoms with Crippen molar-refractivity contribution in [1.82, 2.24) is 5.32 Å². The van der Waals surface area contributed by atoms with E-state index < -0.39 is 0 Å². The Hall–Kier alpha value is -2.33. The standard InChI is InChI=1S/C24H35NO3/c1-19(2)10-8-6-5-7-9-11-20(3)18-21(4)28-23-14-12-22(13-15-23)24(27)25-16-17-26/h5,7,10,12-15,18,21,26H,6,8-9,11,16-17H2,1-4H3,(H,25,27)/b7-5+,20-18+. The molecule has 1 amide bonds. The van der Waals surface area contributed by atoms with Gasteiger partial charge in [-0.25, -0.2) is 0 Å². The number of carbonyl (C=O) groups is 1. The number of amides is 1. The van der Waals surface area contributed by atoms with Crippen molar-refractivity contribution >= 4 is 5.91 Å². The molecule has 0 heterocycles.